The molecule has 0 aliphatic heterocycles. The van der Waals surface area contributed by atoms with E-state index in [1.54, 1.807) is 0 Å². The summed E-state index contributed by atoms with van der Waals surface area (Å²) < 4.78 is 0. The Kier molecular flexibility index (Phi) is 7.79. The van der Waals surface area contributed by atoms with Crippen LogP contribution in [0, 0.1) is 0 Å². The average Bonchev–Trinajstić information content (AvgIpc) is 2.65. The van der Waals surface area contributed by atoms with E-state index in [2.05, 4.69) is 16.0 Å². The van der Waals surface area contributed by atoms with Gasteiger partial charge in [0.05, 0.1) is 6.04 Å². The first kappa shape index (κ1) is 18.8. The van der Waals surface area contributed by atoms with Crippen LogP contribution < -0.4 is 16.0 Å². The topological polar surface area (TPSA) is 73.4 Å². The summed E-state index contributed by atoms with van der Waals surface area (Å²) in [6, 6.07) is 19.5. The van der Waals surface area contributed by atoms with Crippen LogP contribution in [0.4, 0.5) is 10.5 Å². The van der Waals surface area contributed by atoms with E-state index < -0.39 is 0 Å². The minimum atomic E-state index is -0.200. The summed E-state index contributed by atoms with van der Waals surface area (Å²) in [5.41, 5.74) is 2.07. The van der Waals surface area contributed by atoms with Crippen molar-refractivity contribution >= 4 is 11.7 Å². The number of carbonyl (C=O) groups is 1. The lowest BCUT2D eigenvalue weighted by molar-refractivity contribution is 0.233. The Morgan fingerprint density at radius 3 is 2.32 bits per heavy atom. The quantitative estimate of drug-likeness (QED) is 0.565. The molecule has 0 heterocycles. The first-order valence-corrected chi connectivity index (χ1v) is 8.71. The van der Waals surface area contributed by atoms with Crippen LogP contribution in [0.1, 0.15) is 31.4 Å². The van der Waals surface area contributed by atoms with Gasteiger partial charge in [0.2, 0.25) is 0 Å². The molecule has 2 atom stereocenters. The minimum Gasteiger partial charge on any atom is -0.396 e. The number of rotatable bonds is 9. The predicted octanol–water partition coefficient (Wildman–Crippen LogP) is 3.30. The van der Waals surface area contributed by atoms with Crippen molar-refractivity contribution in [2.45, 2.75) is 31.8 Å². The SMILES string of the molecule is CC(CNC(=O)NC(CCCO)c1ccccc1)Nc1ccccc1. The van der Waals surface area contributed by atoms with Gasteiger partial charge in [-0.3, -0.25) is 0 Å². The molecule has 0 aliphatic rings. The molecule has 0 radical (unpaired) electrons. The van der Waals surface area contributed by atoms with Crippen LogP contribution in [-0.4, -0.2) is 30.3 Å². The molecule has 4 N–H and O–H groups in total. The molecule has 0 bridgehead atoms. The van der Waals surface area contributed by atoms with Crippen LogP contribution in [-0.2, 0) is 0 Å². The summed E-state index contributed by atoms with van der Waals surface area (Å²) in [6.45, 7) is 2.65. The summed E-state index contributed by atoms with van der Waals surface area (Å²) in [5, 5.41) is 18.3. The maximum absolute atomic E-state index is 12.2. The molecule has 2 rings (SSSR count). The Morgan fingerprint density at radius 1 is 1.04 bits per heavy atom. The molecule has 5 heteroatoms. The van der Waals surface area contributed by atoms with E-state index in [0.29, 0.717) is 19.4 Å². The van der Waals surface area contributed by atoms with E-state index in [9.17, 15) is 4.79 Å². The lowest BCUT2D eigenvalue weighted by atomic mass is 10.0. The third-order valence-corrected chi connectivity index (χ3v) is 3.91. The Morgan fingerprint density at radius 2 is 1.68 bits per heavy atom. The molecule has 0 saturated carbocycles. The first-order valence-electron chi connectivity index (χ1n) is 8.71. The second kappa shape index (κ2) is 10.4. The van der Waals surface area contributed by atoms with Gasteiger partial charge in [0.15, 0.2) is 0 Å². The van der Waals surface area contributed by atoms with Crippen molar-refractivity contribution in [3.05, 3.63) is 66.2 Å². The number of aliphatic hydroxyl groups is 1. The van der Waals surface area contributed by atoms with Crippen LogP contribution in [0.5, 0.6) is 0 Å². The standard InChI is InChI=1S/C20H27N3O2/c1-16(22-18-11-6-3-7-12-18)15-21-20(25)23-19(13-8-14-24)17-9-4-2-5-10-17/h2-7,9-12,16,19,22,24H,8,13-15H2,1H3,(H2,21,23,25). The smallest absolute Gasteiger partial charge is 0.315 e. The molecule has 134 valence electrons. The molecule has 0 fully saturated rings. The Balaban J connectivity index is 1.82. The largest absolute Gasteiger partial charge is 0.396 e. The molecule has 0 saturated heterocycles. The van der Waals surface area contributed by atoms with Crippen molar-refractivity contribution in [3.63, 3.8) is 0 Å². The number of urea groups is 1. The number of anilines is 1. The maximum Gasteiger partial charge on any atom is 0.315 e. The van der Waals surface area contributed by atoms with Gasteiger partial charge in [-0.1, -0.05) is 48.5 Å². The Hall–Kier alpha value is -2.53. The van der Waals surface area contributed by atoms with Gasteiger partial charge in [0.25, 0.3) is 0 Å². The molecule has 2 unspecified atom stereocenters. The van der Waals surface area contributed by atoms with E-state index >= 15 is 0 Å². The van der Waals surface area contributed by atoms with E-state index in [1.165, 1.54) is 0 Å². The predicted molar refractivity (Wildman–Crippen MR) is 102 cm³/mol. The number of hydrogen-bond donors (Lipinski definition) is 4. The summed E-state index contributed by atoms with van der Waals surface area (Å²) in [7, 11) is 0. The molecule has 25 heavy (non-hydrogen) atoms. The highest BCUT2D eigenvalue weighted by Gasteiger charge is 2.14. The fraction of sp³-hybridized carbons (Fsp3) is 0.350. The van der Waals surface area contributed by atoms with Crippen molar-refractivity contribution < 1.29 is 9.90 Å². The molecular formula is C20H27N3O2. The fourth-order valence-corrected chi connectivity index (χ4v) is 2.63. The molecule has 5 nitrogen and oxygen atoms in total. The number of para-hydroxylation sites is 1. The number of hydrogen-bond acceptors (Lipinski definition) is 3. The van der Waals surface area contributed by atoms with Crippen LogP contribution in [0.15, 0.2) is 60.7 Å². The normalized spacial score (nSPS) is 12.9. The number of nitrogens with one attached hydrogen (secondary N) is 3. The zero-order chi connectivity index (χ0) is 17.9. The highest BCUT2D eigenvalue weighted by molar-refractivity contribution is 5.74. The number of carbonyl (C=O) groups excluding carboxylic acids is 1. The van der Waals surface area contributed by atoms with Crippen molar-refractivity contribution in [2.75, 3.05) is 18.5 Å². The molecule has 2 aromatic carbocycles. The summed E-state index contributed by atoms with van der Waals surface area (Å²) in [6.07, 6.45) is 1.34. The molecule has 2 amide bonds. The van der Waals surface area contributed by atoms with Crippen LogP contribution in [0.2, 0.25) is 0 Å². The van der Waals surface area contributed by atoms with Crippen LogP contribution in [0.3, 0.4) is 0 Å². The van der Waals surface area contributed by atoms with Crippen LogP contribution in [0.25, 0.3) is 0 Å². The monoisotopic (exact) mass is 341 g/mol. The third kappa shape index (κ3) is 6.85. The van der Waals surface area contributed by atoms with Gasteiger partial charge in [0.1, 0.15) is 0 Å². The lowest BCUT2D eigenvalue weighted by Crippen LogP contribution is -2.42. The van der Waals surface area contributed by atoms with Gasteiger partial charge in [-0.05, 0) is 37.5 Å². The molecule has 0 spiro atoms. The highest BCUT2D eigenvalue weighted by Crippen LogP contribution is 2.17. The molecular weight excluding hydrogens is 314 g/mol. The van der Waals surface area contributed by atoms with E-state index in [0.717, 1.165) is 11.3 Å². The first-order chi connectivity index (χ1) is 12.2. The van der Waals surface area contributed by atoms with Crippen molar-refractivity contribution in [1.29, 1.82) is 0 Å². The molecule has 0 aromatic heterocycles. The van der Waals surface area contributed by atoms with E-state index in [1.807, 2.05) is 67.6 Å². The van der Waals surface area contributed by atoms with E-state index in [-0.39, 0.29) is 24.7 Å². The van der Waals surface area contributed by atoms with Gasteiger partial charge in [-0.25, -0.2) is 4.79 Å². The van der Waals surface area contributed by atoms with Gasteiger partial charge in [-0.15, -0.1) is 0 Å². The maximum atomic E-state index is 12.2. The zero-order valence-electron chi connectivity index (χ0n) is 14.6. The fourth-order valence-electron chi connectivity index (χ4n) is 2.63. The zero-order valence-corrected chi connectivity index (χ0v) is 14.6. The molecule has 0 aliphatic carbocycles. The summed E-state index contributed by atoms with van der Waals surface area (Å²) >= 11 is 0. The second-order valence-electron chi connectivity index (χ2n) is 6.09. The summed E-state index contributed by atoms with van der Waals surface area (Å²) in [5.74, 6) is 0. The minimum absolute atomic E-state index is 0.106. The number of amides is 2. The van der Waals surface area contributed by atoms with Gasteiger partial charge < -0.3 is 21.1 Å². The number of aliphatic hydroxyl groups excluding tert-OH is 1. The number of benzene rings is 2. The van der Waals surface area contributed by atoms with Gasteiger partial charge in [0, 0.05) is 24.9 Å². The van der Waals surface area contributed by atoms with Crippen molar-refractivity contribution in [3.8, 4) is 0 Å². The Labute approximate surface area is 149 Å². The van der Waals surface area contributed by atoms with Crippen molar-refractivity contribution in [2.24, 2.45) is 0 Å². The Bertz CT molecular complexity index is 619. The summed E-state index contributed by atoms with van der Waals surface area (Å²) in [4.78, 5) is 12.2. The van der Waals surface area contributed by atoms with Gasteiger partial charge >= 0.3 is 6.03 Å². The van der Waals surface area contributed by atoms with E-state index in [4.69, 9.17) is 5.11 Å². The highest BCUT2D eigenvalue weighted by atomic mass is 16.3. The average molecular weight is 341 g/mol. The van der Waals surface area contributed by atoms with Crippen molar-refractivity contribution in [1.82, 2.24) is 10.6 Å². The second-order valence-corrected chi connectivity index (χ2v) is 6.09. The molecule has 2 aromatic rings. The van der Waals surface area contributed by atoms with Gasteiger partial charge in [-0.2, -0.15) is 0 Å². The van der Waals surface area contributed by atoms with Crippen LogP contribution >= 0.6 is 0 Å². The third-order valence-electron chi connectivity index (χ3n) is 3.91. The lowest BCUT2D eigenvalue weighted by Gasteiger charge is -2.21.